The van der Waals surface area contributed by atoms with Crippen molar-refractivity contribution in [3.63, 3.8) is 0 Å². The molecule has 0 amide bonds. The van der Waals surface area contributed by atoms with E-state index in [1.807, 2.05) is 19.9 Å². The van der Waals surface area contributed by atoms with Gasteiger partial charge in [-0.2, -0.15) is 5.10 Å². The van der Waals surface area contributed by atoms with E-state index in [4.69, 9.17) is 28.9 Å². The molecular weight excluding hydrogens is 271 g/mol. The monoisotopic (exact) mass is 284 g/mol. The fourth-order valence-corrected chi connectivity index (χ4v) is 2.13. The Morgan fingerprint density at radius 3 is 2.72 bits per heavy atom. The fourth-order valence-electron chi connectivity index (χ4n) is 1.67. The lowest BCUT2D eigenvalue weighted by Gasteiger charge is -2.11. The number of hydrogen-bond donors (Lipinski definition) is 2. The van der Waals surface area contributed by atoms with Crippen LogP contribution in [-0.2, 0) is 6.54 Å². The minimum Gasteiger partial charge on any atom is -0.394 e. The molecule has 0 saturated carbocycles. The molecular formula is C12H14Cl2N4. The summed E-state index contributed by atoms with van der Waals surface area (Å²) in [7, 11) is 0. The molecule has 0 aliphatic carbocycles. The summed E-state index contributed by atoms with van der Waals surface area (Å²) in [6.07, 6.45) is 0. The topological polar surface area (TPSA) is 55.9 Å². The van der Waals surface area contributed by atoms with Crippen LogP contribution < -0.4 is 11.1 Å². The van der Waals surface area contributed by atoms with Gasteiger partial charge in [0, 0.05) is 11.6 Å². The second-order valence-electron chi connectivity index (χ2n) is 3.91. The molecule has 18 heavy (non-hydrogen) atoms. The predicted molar refractivity (Wildman–Crippen MR) is 76.8 cm³/mol. The minimum absolute atomic E-state index is 0.545. The SMILES string of the molecule is CCn1nc(C)c(N)c1Nc1ccc(Cl)cc1Cl. The largest absolute Gasteiger partial charge is 0.394 e. The molecule has 0 aliphatic heterocycles. The molecule has 4 nitrogen and oxygen atoms in total. The van der Waals surface area contributed by atoms with Crippen LogP contribution in [0.5, 0.6) is 0 Å². The smallest absolute Gasteiger partial charge is 0.152 e. The number of benzene rings is 1. The highest BCUT2D eigenvalue weighted by molar-refractivity contribution is 6.36. The van der Waals surface area contributed by atoms with E-state index in [-0.39, 0.29) is 0 Å². The second-order valence-corrected chi connectivity index (χ2v) is 4.76. The van der Waals surface area contributed by atoms with Gasteiger partial charge in [-0.25, -0.2) is 4.68 Å². The highest BCUT2D eigenvalue weighted by atomic mass is 35.5. The van der Waals surface area contributed by atoms with Crippen molar-refractivity contribution in [2.45, 2.75) is 20.4 Å². The quantitative estimate of drug-likeness (QED) is 0.900. The molecule has 6 heteroatoms. The number of halogens is 2. The number of aryl methyl sites for hydroxylation is 2. The summed E-state index contributed by atoms with van der Waals surface area (Å²) in [6.45, 7) is 4.60. The van der Waals surface area contributed by atoms with Gasteiger partial charge in [0.05, 0.1) is 22.1 Å². The predicted octanol–water partition coefficient (Wildman–Crippen LogP) is 3.84. The normalized spacial score (nSPS) is 10.7. The minimum atomic E-state index is 0.545. The van der Waals surface area contributed by atoms with Gasteiger partial charge in [-0.1, -0.05) is 23.2 Å². The zero-order valence-electron chi connectivity index (χ0n) is 10.2. The Hall–Kier alpha value is -1.39. The van der Waals surface area contributed by atoms with Crippen LogP contribution in [0.25, 0.3) is 0 Å². The Morgan fingerprint density at radius 1 is 1.39 bits per heavy atom. The first-order valence-corrected chi connectivity index (χ1v) is 6.33. The average molecular weight is 285 g/mol. The number of hydrogen-bond acceptors (Lipinski definition) is 3. The molecule has 0 radical (unpaired) electrons. The van der Waals surface area contributed by atoms with E-state index in [1.54, 1.807) is 16.8 Å². The van der Waals surface area contributed by atoms with Crippen LogP contribution in [0, 0.1) is 6.92 Å². The molecule has 0 spiro atoms. The molecule has 1 aromatic heterocycles. The van der Waals surface area contributed by atoms with Crippen molar-refractivity contribution >= 4 is 40.4 Å². The first kappa shape index (κ1) is 13.1. The molecule has 0 aliphatic rings. The zero-order valence-corrected chi connectivity index (χ0v) is 11.7. The summed E-state index contributed by atoms with van der Waals surface area (Å²) in [5.41, 5.74) is 8.17. The maximum Gasteiger partial charge on any atom is 0.152 e. The summed E-state index contributed by atoms with van der Waals surface area (Å²) >= 11 is 12.0. The summed E-state index contributed by atoms with van der Waals surface area (Å²) in [4.78, 5) is 0. The van der Waals surface area contributed by atoms with Crippen LogP contribution in [0.1, 0.15) is 12.6 Å². The highest BCUT2D eigenvalue weighted by Gasteiger charge is 2.12. The Labute approximate surface area is 116 Å². The third-order valence-corrected chi connectivity index (χ3v) is 3.21. The maximum atomic E-state index is 6.12. The third-order valence-electron chi connectivity index (χ3n) is 2.66. The highest BCUT2D eigenvalue weighted by Crippen LogP contribution is 2.31. The molecule has 1 heterocycles. The van der Waals surface area contributed by atoms with Gasteiger partial charge in [0.25, 0.3) is 0 Å². The molecule has 0 saturated heterocycles. The number of rotatable bonds is 3. The zero-order chi connectivity index (χ0) is 13.3. The molecule has 2 rings (SSSR count). The standard InChI is InChI=1S/C12H14Cl2N4/c1-3-18-12(11(15)7(2)17-18)16-10-5-4-8(13)6-9(10)14/h4-6,16H,3,15H2,1-2H3. The van der Waals surface area contributed by atoms with Crippen LogP contribution in [0.4, 0.5) is 17.2 Å². The molecule has 0 atom stereocenters. The summed E-state index contributed by atoms with van der Waals surface area (Å²) in [5.74, 6) is 0.749. The summed E-state index contributed by atoms with van der Waals surface area (Å²) < 4.78 is 1.80. The fraction of sp³-hybridized carbons (Fsp3) is 0.250. The lowest BCUT2D eigenvalue weighted by atomic mass is 10.3. The van der Waals surface area contributed by atoms with E-state index in [9.17, 15) is 0 Å². The van der Waals surface area contributed by atoms with Crippen molar-refractivity contribution in [3.8, 4) is 0 Å². The Balaban J connectivity index is 2.39. The van der Waals surface area contributed by atoms with Gasteiger partial charge < -0.3 is 11.1 Å². The number of nitrogens with one attached hydrogen (secondary N) is 1. The molecule has 1 aromatic carbocycles. The van der Waals surface area contributed by atoms with Crippen LogP contribution >= 0.6 is 23.2 Å². The van der Waals surface area contributed by atoms with E-state index in [0.29, 0.717) is 15.7 Å². The van der Waals surface area contributed by atoms with Gasteiger partial charge in [0.15, 0.2) is 5.82 Å². The lowest BCUT2D eigenvalue weighted by Crippen LogP contribution is -2.04. The van der Waals surface area contributed by atoms with Gasteiger partial charge in [-0.05, 0) is 32.0 Å². The summed E-state index contributed by atoms with van der Waals surface area (Å²) in [5, 5.41) is 8.67. The summed E-state index contributed by atoms with van der Waals surface area (Å²) in [6, 6.07) is 5.26. The van der Waals surface area contributed by atoms with Crippen LogP contribution in [0.2, 0.25) is 10.0 Å². The van der Waals surface area contributed by atoms with Gasteiger partial charge in [-0.15, -0.1) is 0 Å². The van der Waals surface area contributed by atoms with E-state index < -0.39 is 0 Å². The van der Waals surface area contributed by atoms with Crippen LogP contribution in [0.3, 0.4) is 0 Å². The second kappa shape index (κ2) is 5.08. The van der Waals surface area contributed by atoms with Crippen molar-refractivity contribution < 1.29 is 0 Å². The lowest BCUT2D eigenvalue weighted by molar-refractivity contribution is 0.661. The molecule has 0 unspecified atom stereocenters. The maximum absolute atomic E-state index is 6.12. The number of aromatic nitrogens is 2. The number of nitrogens with two attached hydrogens (primary N) is 1. The molecule has 0 bridgehead atoms. The van der Waals surface area contributed by atoms with Gasteiger partial charge in [0.1, 0.15) is 0 Å². The average Bonchev–Trinajstić information content (AvgIpc) is 2.60. The first-order valence-electron chi connectivity index (χ1n) is 5.58. The van der Waals surface area contributed by atoms with Crippen molar-refractivity contribution in [1.29, 1.82) is 0 Å². The Bertz CT molecular complexity index is 578. The number of nitrogen functional groups attached to an aromatic ring is 1. The molecule has 3 N–H and O–H groups in total. The van der Waals surface area contributed by atoms with E-state index in [2.05, 4.69) is 10.4 Å². The van der Waals surface area contributed by atoms with Crippen LogP contribution in [-0.4, -0.2) is 9.78 Å². The molecule has 0 fully saturated rings. The number of anilines is 3. The van der Waals surface area contributed by atoms with Gasteiger partial charge in [-0.3, -0.25) is 0 Å². The van der Waals surface area contributed by atoms with Crippen molar-refractivity contribution in [3.05, 3.63) is 33.9 Å². The van der Waals surface area contributed by atoms with E-state index in [1.165, 1.54) is 0 Å². The van der Waals surface area contributed by atoms with Crippen molar-refractivity contribution in [1.82, 2.24) is 9.78 Å². The van der Waals surface area contributed by atoms with Gasteiger partial charge >= 0.3 is 0 Å². The molecule has 2 aromatic rings. The number of nitrogens with zero attached hydrogens (tertiary/aromatic N) is 2. The Morgan fingerprint density at radius 2 is 2.11 bits per heavy atom. The van der Waals surface area contributed by atoms with Gasteiger partial charge in [0.2, 0.25) is 0 Å². The molecule has 96 valence electrons. The van der Waals surface area contributed by atoms with E-state index >= 15 is 0 Å². The first-order chi connectivity index (χ1) is 8.52. The van der Waals surface area contributed by atoms with E-state index in [0.717, 1.165) is 23.7 Å². The van der Waals surface area contributed by atoms with Crippen LogP contribution in [0.15, 0.2) is 18.2 Å². The van der Waals surface area contributed by atoms with Crippen molar-refractivity contribution in [2.24, 2.45) is 0 Å². The third kappa shape index (κ3) is 2.40. The van der Waals surface area contributed by atoms with Crippen molar-refractivity contribution in [2.75, 3.05) is 11.1 Å². The Kier molecular flexibility index (Phi) is 3.68.